The molecule has 0 atom stereocenters. The van der Waals surface area contributed by atoms with E-state index >= 15 is 0 Å². The quantitative estimate of drug-likeness (QED) is 0.521. The second kappa shape index (κ2) is 4.58. The Balaban J connectivity index is 4.13. The minimum Gasteiger partial charge on any atom is -0.0996 e. The van der Waals surface area contributed by atoms with Gasteiger partial charge in [0.2, 0.25) is 0 Å². The number of allylic oxidation sites excluding steroid dienone is 1. The molecule has 0 saturated carbocycles. The van der Waals surface area contributed by atoms with Crippen LogP contribution >= 0.6 is 0 Å². The van der Waals surface area contributed by atoms with Crippen molar-refractivity contribution in [2.45, 2.75) is 53.4 Å². The van der Waals surface area contributed by atoms with Crippen molar-refractivity contribution in [2.24, 2.45) is 5.41 Å². The van der Waals surface area contributed by atoms with Gasteiger partial charge in [-0.1, -0.05) is 45.8 Å². The summed E-state index contributed by atoms with van der Waals surface area (Å²) in [6.45, 7) is 13.1. The molecule has 0 bridgehead atoms. The van der Waals surface area contributed by atoms with Crippen LogP contribution in [0.2, 0.25) is 0 Å². The van der Waals surface area contributed by atoms with Crippen LogP contribution in [0.1, 0.15) is 53.4 Å². The molecule has 0 aromatic heterocycles. The Bertz CT molecular complexity index is 116. The van der Waals surface area contributed by atoms with E-state index in [4.69, 9.17) is 0 Å². The Morgan fingerprint density at radius 3 is 1.73 bits per heavy atom. The van der Waals surface area contributed by atoms with Gasteiger partial charge in [-0.25, -0.2) is 0 Å². The second-order valence-corrected chi connectivity index (χ2v) is 3.84. The lowest BCUT2D eigenvalue weighted by Gasteiger charge is -2.29. The fourth-order valence-electron chi connectivity index (χ4n) is 1.66. The second-order valence-electron chi connectivity index (χ2n) is 3.84. The van der Waals surface area contributed by atoms with Gasteiger partial charge in [-0.3, -0.25) is 0 Å². The van der Waals surface area contributed by atoms with Gasteiger partial charge in [-0.2, -0.15) is 0 Å². The third-order valence-electron chi connectivity index (χ3n) is 2.63. The topological polar surface area (TPSA) is 0 Å². The van der Waals surface area contributed by atoms with E-state index in [1.54, 1.807) is 0 Å². The molecule has 0 nitrogen and oxygen atoms in total. The SMILES string of the molecule is C=C(C)C(C)(CCC)CCC. The highest BCUT2D eigenvalue weighted by molar-refractivity contribution is 5.04. The van der Waals surface area contributed by atoms with Crippen LogP contribution in [-0.4, -0.2) is 0 Å². The van der Waals surface area contributed by atoms with Crippen molar-refractivity contribution >= 4 is 0 Å². The summed E-state index contributed by atoms with van der Waals surface area (Å²) in [7, 11) is 0. The molecular weight excluding hydrogens is 132 g/mol. The normalized spacial score (nSPS) is 11.6. The Hall–Kier alpha value is -0.260. The van der Waals surface area contributed by atoms with Gasteiger partial charge < -0.3 is 0 Å². The van der Waals surface area contributed by atoms with Crippen molar-refractivity contribution in [3.63, 3.8) is 0 Å². The van der Waals surface area contributed by atoms with E-state index in [1.807, 2.05) is 0 Å². The van der Waals surface area contributed by atoms with Crippen LogP contribution in [-0.2, 0) is 0 Å². The molecule has 0 spiro atoms. The maximum absolute atomic E-state index is 4.06. The summed E-state index contributed by atoms with van der Waals surface area (Å²) in [5, 5.41) is 0. The first-order chi connectivity index (χ1) is 5.06. The van der Waals surface area contributed by atoms with Gasteiger partial charge in [0.1, 0.15) is 0 Å². The minimum atomic E-state index is 0.406. The predicted molar refractivity (Wildman–Crippen MR) is 52.7 cm³/mol. The zero-order valence-corrected chi connectivity index (χ0v) is 8.54. The van der Waals surface area contributed by atoms with E-state index in [9.17, 15) is 0 Å². The van der Waals surface area contributed by atoms with Gasteiger partial charge in [0, 0.05) is 0 Å². The first-order valence-corrected chi connectivity index (χ1v) is 4.72. The Labute approximate surface area is 71.7 Å². The van der Waals surface area contributed by atoms with Crippen LogP contribution in [0.4, 0.5) is 0 Å². The fourth-order valence-corrected chi connectivity index (χ4v) is 1.66. The molecule has 0 radical (unpaired) electrons. The summed E-state index contributed by atoms with van der Waals surface area (Å²) < 4.78 is 0. The first-order valence-electron chi connectivity index (χ1n) is 4.72. The lowest BCUT2D eigenvalue weighted by atomic mass is 9.76. The van der Waals surface area contributed by atoms with E-state index in [0.717, 1.165) is 0 Å². The van der Waals surface area contributed by atoms with Crippen LogP contribution in [0, 0.1) is 5.41 Å². The average molecular weight is 154 g/mol. The van der Waals surface area contributed by atoms with E-state index in [-0.39, 0.29) is 0 Å². The summed E-state index contributed by atoms with van der Waals surface area (Å²) in [5.41, 5.74) is 1.75. The maximum Gasteiger partial charge on any atom is -0.0122 e. The Kier molecular flexibility index (Phi) is 4.48. The summed E-state index contributed by atoms with van der Waals surface area (Å²) in [4.78, 5) is 0. The van der Waals surface area contributed by atoms with Crippen LogP contribution in [0.3, 0.4) is 0 Å². The molecule has 66 valence electrons. The molecule has 0 aromatic carbocycles. The zero-order chi connectivity index (χ0) is 8.91. The molecule has 0 N–H and O–H groups in total. The molecule has 0 fully saturated rings. The highest BCUT2D eigenvalue weighted by Crippen LogP contribution is 2.35. The van der Waals surface area contributed by atoms with Gasteiger partial charge in [0.25, 0.3) is 0 Å². The van der Waals surface area contributed by atoms with Crippen molar-refractivity contribution in [2.75, 3.05) is 0 Å². The van der Waals surface area contributed by atoms with Gasteiger partial charge in [0.15, 0.2) is 0 Å². The molecule has 0 unspecified atom stereocenters. The molecule has 0 aliphatic carbocycles. The molecular formula is C11H22. The van der Waals surface area contributed by atoms with Crippen molar-refractivity contribution in [1.29, 1.82) is 0 Å². The first kappa shape index (κ1) is 10.7. The number of rotatable bonds is 5. The minimum absolute atomic E-state index is 0.406. The molecule has 0 aliphatic rings. The Morgan fingerprint density at radius 1 is 1.18 bits per heavy atom. The third-order valence-corrected chi connectivity index (χ3v) is 2.63. The monoisotopic (exact) mass is 154 g/mol. The standard InChI is InChI=1S/C11H22/c1-6-8-11(5,9-7-2)10(3)4/h3,6-9H2,1-2,4-5H3. The average Bonchev–Trinajstić information content (AvgIpc) is 1.88. The molecule has 0 amide bonds. The lowest BCUT2D eigenvalue weighted by molar-refractivity contribution is 0.329. The maximum atomic E-state index is 4.06. The van der Waals surface area contributed by atoms with Crippen molar-refractivity contribution in [3.05, 3.63) is 12.2 Å². The number of hydrogen-bond acceptors (Lipinski definition) is 0. The highest BCUT2D eigenvalue weighted by Gasteiger charge is 2.22. The number of hydrogen-bond donors (Lipinski definition) is 0. The van der Waals surface area contributed by atoms with Gasteiger partial charge in [0.05, 0.1) is 0 Å². The molecule has 0 saturated heterocycles. The van der Waals surface area contributed by atoms with Crippen LogP contribution in [0.25, 0.3) is 0 Å². The fraction of sp³-hybridized carbons (Fsp3) is 0.818. The summed E-state index contributed by atoms with van der Waals surface area (Å²) in [6.07, 6.45) is 5.11. The molecule has 11 heavy (non-hydrogen) atoms. The van der Waals surface area contributed by atoms with Gasteiger partial charge >= 0.3 is 0 Å². The third kappa shape index (κ3) is 3.09. The molecule has 0 aromatic rings. The summed E-state index contributed by atoms with van der Waals surface area (Å²) in [5.74, 6) is 0. The van der Waals surface area contributed by atoms with Crippen LogP contribution in [0.15, 0.2) is 12.2 Å². The predicted octanol–water partition coefficient (Wildman–Crippen LogP) is 4.17. The highest BCUT2D eigenvalue weighted by atomic mass is 14.3. The largest absolute Gasteiger partial charge is 0.0996 e. The lowest BCUT2D eigenvalue weighted by Crippen LogP contribution is -2.16. The Morgan fingerprint density at radius 2 is 1.55 bits per heavy atom. The zero-order valence-electron chi connectivity index (χ0n) is 8.54. The summed E-state index contributed by atoms with van der Waals surface area (Å²) in [6, 6.07) is 0. The van der Waals surface area contributed by atoms with Crippen LogP contribution < -0.4 is 0 Å². The van der Waals surface area contributed by atoms with E-state index in [1.165, 1.54) is 31.3 Å². The molecule has 0 heteroatoms. The van der Waals surface area contributed by atoms with Gasteiger partial charge in [-0.05, 0) is 25.2 Å². The van der Waals surface area contributed by atoms with Crippen molar-refractivity contribution < 1.29 is 0 Å². The van der Waals surface area contributed by atoms with Gasteiger partial charge in [-0.15, -0.1) is 0 Å². The molecule has 0 aliphatic heterocycles. The van der Waals surface area contributed by atoms with Crippen molar-refractivity contribution in [1.82, 2.24) is 0 Å². The van der Waals surface area contributed by atoms with E-state index < -0.39 is 0 Å². The summed E-state index contributed by atoms with van der Waals surface area (Å²) >= 11 is 0. The van der Waals surface area contributed by atoms with Crippen LogP contribution in [0.5, 0.6) is 0 Å². The van der Waals surface area contributed by atoms with E-state index in [0.29, 0.717) is 5.41 Å². The smallest absolute Gasteiger partial charge is 0.0122 e. The molecule has 0 rings (SSSR count). The molecule has 0 heterocycles. The van der Waals surface area contributed by atoms with Crippen molar-refractivity contribution in [3.8, 4) is 0 Å². The van der Waals surface area contributed by atoms with E-state index in [2.05, 4.69) is 34.3 Å².